The Bertz CT molecular complexity index is 224. The highest BCUT2D eigenvalue weighted by atomic mass is 16.5. The standard InChI is InChI=1S/C19H40O/c1-9-11-18(10-2)12-13-20-17(7)14-19(8,15(3)4)16(5)6/h15-18H,9-14H2,1-8H3. The fourth-order valence-corrected chi connectivity index (χ4v) is 3.21. The maximum Gasteiger partial charge on any atom is 0.0552 e. The maximum atomic E-state index is 6.12. The highest BCUT2D eigenvalue weighted by Crippen LogP contribution is 2.40. The molecule has 0 aliphatic carbocycles. The third-order valence-corrected chi connectivity index (χ3v) is 5.57. The number of hydrogen-bond donors (Lipinski definition) is 0. The molecule has 1 heteroatoms. The van der Waals surface area contributed by atoms with Gasteiger partial charge in [-0.25, -0.2) is 0 Å². The minimum Gasteiger partial charge on any atom is -0.378 e. The Hall–Kier alpha value is -0.0400. The van der Waals surface area contributed by atoms with Gasteiger partial charge < -0.3 is 4.74 Å². The van der Waals surface area contributed by atoms with Gasteiger partial charge in [-0.3, -0.25) is 0 Å². The van der Waals surface area contributed by atoms with Crippen molar-refractivity contribution < 1.29 is 4.74 Å². The van der Waals surface area contributed by atoms with Crippen LogP contribution in [0.5, 0.6) is 0 Å². The summed E-state index contributed by atoms with van der Waals surface area (Å²) in [6, 6.07) is 0. The lowest BCUT2D eigenvalue weighted by molar-refractivity contribution is -0.00479. The fourth-order valence-electron chi connectivity index (χ4n) is 3.21. The summed E-state index contributed by atoms with van der Waals surface area (Å²) in [6.07, 6.45) is 6.73. The Labute approximate surface area is 128 Å². The highest BCUT2D eigenvalue weighted by molar-refractivity contribution is 4.83. The van der Waals surface area contributed by atoms with Crippen LogP contribution in [0.2, 0.25) is 0 Å². The van der Waals surface area contributed by atoms with Crippen molar-refractivity contribution in [1.82, 2.24) is 0 Å². The van der Waals surface area contributed by atoms with Crippen LogP contribution in [0.1, 0.15) is 87.5 Å². The van der Waals surface area contributed by atoms with Crippen molar-refractivity contribution in [1.29, 1.82) is 0 Å². The van der Waals surface area contributed by atoms with Crippen molar-refractivity contribution in [2.45, 2.75) is 93.6 Å². The van der Waals surface area contributed by atoms with Crippen LogP contribution < -0.4 is 0 Å². The van der Waals surface area contributed by atoms with Gasteiger partial charge in [0.1, 0.15) is 0 Å². The van der Waals surface area contributed by atoms with Crippen LogP contribution in [0.25, 0.3) is 0 Å². The summed E-state index contributed by atoms with van der Waals surface area (Å²) in [5, 5.41) is 0. The third-order valence-electron chi connectivity index (χ3n) is 5.57. The molecule has 0 radical (unpaired) electrons. The largest absolute Gasteiger partial charge is 0.378 e. The first kappa shape index (κ1) is 20.0. The molecule has 2 atom stereocenters. The molecule has 0 aliphatic heterocycles. The average Bonchev–Trinajstić information content (AvgIpc) is 2.36. The molecular formula is C19H40O. The molecule has 0 amide bonds. The first-order valence-corrected chi connectivity index (χ1v) is 8.89. The van der Waals surface area contributed by atoms with Crippen molar-refractivity contribution in [2.75, 3.05) is 6.61 Å². The van der Waals surface area contributed by atoms with E-state index in [1.54, 1.807) is 0 Å². The van der Waals surface area contributed by atoms with E-state index in [2.05, 4.69) is 55.4 Å². The number of ether oxygens (including phenoxy) is 1. The molecule has 0 N–H and O–H groups in total. The maximum absolute atomic E-state index is 6.12. The second kappa shape index (κ2) is 9.82. The van der Waals surface area contributed by atoms with Crippen molar-refractivity contribution in [2.24, 2.45) is 23.2 Å². The second-order valence-corrected chi connectivity index (χ2v) is 7.55. The lowest BCUT2D eigenvalue weighted by atomic mass is 9.67. The van der Waals surface area contributed by atoms with Crippen LogP contribution in [-0.2, 0) is 4.74 Å². The predicted octanol–water partition coefficient (Wildman–Crippen LogP) is 6.32. The topological polar surface area (TPSA) is 9.23 Å². The lowest BCUT2D eigenvalue weighted by Crippen LogP contribution is -2.34. The van der Waals surface area contributed by atoms with Gasteiger partial charge in [-0.2, -0.15) is 0 Å². The molecule has 0 spiro atoms. The van der Waals surface area contributed by atoms with Crippen LogP contribution in [0.15, 0.2) is 0 Å². The van der Waals surface area contributed by atoms with E-state index in [9.17, 15) is 0 Å². The Morgan fingerprint density at radius 3 is 1.85 bits per heavy atom. The van der Waals surface area contributed by atoms with Crippen LogP contribution in [0, 0.1) is 23.2 Å². The molecule has 1 nitrogen and oxygen atoms in total. The molecule has 0 aromatic rings. The zero-order chi connectivity index (χ0) is 15.8. The van der Waals surface area contributed by atoms with Gasteiger partial charge in [0, 0.05) is 6.61 Å². The van der Waals surface area contributed by atoms with E-state index in [1.165, 1.54) is 32.1 Å². The molecule has 0 heterocycles. The minimum absolute atomic E-state index is 0.379. The number of hydrogen-bond acceptors (Lipinski definition) is 1. The number of rotatable bonds is 11. The molecule has 122 valence electrons. The normalized spacial score (nSPS) is 15.9. The van der Waals surface area contributed by atoms with Gasteiger partial charge >= 0.3 is 0 Å². The van der Waals surface area contributed by atoms with Crippen LogP contribution in [0.4, 0.5) is 0 Å². The third kappa shape index (κ3) is 6.61. The molecule has 0 rings (SSSR count). The first-order valence-electron chi connectivity index (χ1n) is 8.89. The highest BCUT2D eigenvalue weighted by Gasteiger charge is 2.33. The second-order valence-electron chi connectivity index (χ2n) is 7.55. The van der Waals surface area contributed by atoms with E-state index < -0.39 is 0 Å². The van der Waals surface area contributed by atoms with Crippen LogP contribution >= 0.6 is 0 Å². The minimum atomic E-state index is 0.379. The van der Waals surface area contributed by atoms with Crippen molar-refractivity contribution >= 4 is 0 Å². The summed E-state index contributed by atoms with van der Waals surface area (Å²) in [4.78, 5) is 0. The molecule has 0 aliphatic rings. The molecule has 2 unspecified atom stereocenters. The summed E-state index contributed by atoms with van der Waals surface area (Å²) in [7, 11) is 0. The smallest absolute Gasteiger partial charge is 0.0552 e. The van der Waals surface area contributed by atoms with Gasteiger partial charge in [-0.15, -0.1) is 0 Å². The Morgan fingerprint density at radius 1 is 0.900 bits per heavy atom. The van der Waals surface area contributed by atoms with Crippen LogP contribution in [-0.4, -0.2) is 12.7 Å². The molecule has 0 saturated heterocycles. The molecular weight excluding hydrogens is 244 g/mol. The van der Waals surface area contributed by atoms with Crippen molar-refractivity contribution in [3.05, 3.63) is 0 Å². The van der Waals surface area contributed by atoms with Crippen molar-refractivity contribution in [3.8, 4) is 0 Å². The first-order chi connectivity index (χ1) is 9.27. The van der Waals surface area contributed by atoms with Gasteiger partial charge in [0.15, 0.2) is 0 Å². The van der Waals surface area contributed by atoms with Gasteiger partial charge in [0.25, 0.3) is 0 Å². The Kier molecular flexibility index (Phi) is 9.80. The SMILES string of the molecule is CCCC(CC)CCOC(C)CC(C)(C(C)C)C(C)C. The summed E-state index contributed by atoms with van der Waals surface area (Å²) in [5.74, 6) is 2.27. The van der Waals surface area contributed by atoms with E-state index in [0.717, 1.165) is 12.5 Å². The quantitative estimate of drug-likeness (QED) is 0.431. The van der Waals surface area contributed by atoms with E-state index >= 15 is 0 Å². The summed E-state index contributed by atoms with van der Waals surface area (Å²) in [5.41, 5.74) is 0.382. The Balaban J connectivity index is 4.18. The van der Waals surface area contributed by atoms with Gasteiger partial charge in [-0.05, 0) is 42.9 Å². The molecule has 0 aromatic carbocycles. The van der Waals surface area contributed by atoms with Gasteiger partial charge in [0.05, 0.1) is 6.10 Å². The average molecular weight is 285 g/mol. The van der Waals surface area contributed by atoms with E-state index in [-0.39, 0.29) is 0 Å². The van der Waals surface area contributed by atoms with Gasteiger partial charge in [-0.1, -0.05) is 67.7 Å². The molecule has 20 heavy (non-hydrogen) atoms. The van der Waals surface area contributed by atoms with Gasteiger partial charge in [0.2, 0.25) is 0 Å². The van der Waals surface area contributed by atoms with E-state index in [0.29, 0.717) is 23.4 Å². The van der Waals surface area contributed by atoms with E-state index in [1.807, 2.05) is 0 Å². The van der Waals surface area contributed by atoms with E-state index in [4.69, 9.17) is 4.74 Å². The van der Waals surface area contributed by atoms with Crippen molar-refractivity contribution in [3.63, 3.8) is 0 Å². The molecule has 0 fully saturated rings. The summed E-state index contributed by atoms with van der Waals surface area (Å²) >= 11 is 0. The summed E-state index contributed by atoms with van der Waals surface area (Å²) < 4.78 is 6.12. The molecule has 0 bridgehead atoms. The molecule has 0 saturated carbocycles. The fraction of sp³-hybridized carbons (Fsp3) is 1.00. The Morgan fingerprint density at radius 2 is 1.45 bits per heavy atom. The van der Waals surface area contributed by atoms with Crippen LogP contribution in [0.3, 0.4) is 0 Å². The zero-order valence-corrected chi connectivity index (χ0v) is 15.5. The summed E-state index contributed by atoms with van der Waals surface area (Å²) in [6.45, 7) is 19.6. The lowest BCUT2D eigenvalue weighted by Gasteiger charge is -2.40. The predicted molar refractivity (Wildman–Crippen MR) is 91.1 cm³/mol. The zero-order valence-electron chi connectivity index (χ0n) is 15.5. The monoisotopic (exact) mass is 284 g/mol. The molecule has 0 aromatic heterocycles.